The third-order valence-corrected chi connectivity index (χ3v) is 6.92. The van der Waals surface area contributed by atoms with Crippen LogP contribution in [0, 0.1) is 0 Å². The molecule has 0 N–H and O–H groups in total. The number of benzene rings is 2. The molecule has 170 valence electrons. The molecular weight excluding hydrogens is 434 g/mol. The minimum atomic E-state index is 0.382. The van der Waals surface area contributed by atoms with Crippen LogP contribution in [0.3, 0.4) is 0 Å². The number of para-hydroxylation sites is 1. The number of rotatable bonds is 8. The summed E-state index contributed by atoms with van der Waals surface area (Å²) in [6, 6.07) is 18.6. The minimum absolute atomic E-state index is 0.382. The van der Waals surface area contributed by atoms with Gasteiger partial charge in [-0.25, -0.2) is 0 Å². The second kappa shape index (κ2) is 10.2. The van der Waals surface area contributed by atoms with Crippen molar-refractivity contribution in [2.75, 3.05) is 7.11 Å². The van der Waals surface area contributed by atoms with Gasteiger partial charge in [0.25, 0.3) is 0 Å². The van der Waals surface area contributed by atoms with Gasteiger partial charge in [-0.15, -0.1) is 10.2 Å². The maximum Gasteiger partial charge on any atom is 0.237 e. The predicted molar refractivity (Wildman–Crippen MR) is 127 cm³/mol. The third-order valence-electron chi connectivity index (χ3n) is 5.99. The zero-order valence-electron chi connectivity index (χ0n) is 18.7. The lowest BCUT2D eigenvalue weighted by molar-refractivity contribution is 0.338. The number of ether oxygens (including phenoxy) is 1. The van der Waals surface area contributed by atoms with Gasteiger partial charge in [0.1, 0.15) is 5.75 Å². The first kappa shape index (κ1) is 21.7. The first-order valence-electron chi connectivity index (χ1n) is 11.4. The molecular formula is C25H27N5O2S. The molecule has 1 aliphatic rings. The van der Waals surface area contributed by atoms with Crippen molar-refractivity contribution in [3.63, 3.8) is 0 Å². The summed E-state index contributed by atoms with van der Waals surface area (Å²) in [6.45, 7) is 0. The van der Waals surface area contributed by atoms with Crippen molar-refractivity contribution in [2.24, 2.45) is 0 Å². The average molecular weight is 462 g/mol. The van der Waals surface area contributed by atoms with Crippen LogP contribution in [0.5, 0.6) is 5.75 Å². The highest BCUT2D eigenvalue weighted by atomic mass is 32.2. The van der Waals surface area contributed by atoms with Gasteiger partial charge in [-0.3, -0.25) is 4.57 Å². The molecule has 5 rings (SSSR count). The summed E-state index contributed by atoms with van der Waals surface area (Å²) in [4.78, 5) is 4.58. The lowest BCUT2D eigenvalue weighted by Crippen LogP contribution is -2.15. The smallest absolute Gasteiger partial charge is 0.237 e. The Morgan fingerprint density at radius 3 is 2.61 bits per heavy atom. The summed E-state index contributed by atoms with van der Waals surface area (Å²) in [5, 5.41) is 14.2. The molecule has 33 heavy (non-hydrogen) atoms. The maximum absolute atomic E-state index is 5.61. The van der Waals surface area contributed by atoms with E-state index in [1.54, 1.807) is 18.9 Å². The van der Waals surface area contributed by atoms with Gasteiger partial charge in [0.15, 0.2) is 16.8 Å². The molecule has 0 bridgehead atoms. The Labute approximate surface area is 197 Å². The van der Waals surface area contributed by atoms with Crippen molar-refractivity contribution < 1.29 is 9.26 Å². The zero-order chi connectivity index (χ0) is 22.5. The van der Waals surface area contributed by atoms with Crippen LogP contribution in [0.2, 0.25) is 0 Å². The van der Waals surface area contributed by atoms with Crippen LogP contribution >= 0.6 is 11.8 Å². The number of thioether (sulfide) groups is 1. The molecule has 0 spiro atoms. The van der Waals surface area contributed by atoms with Crippen LogP contribution in [0.15, 0.2) is 64.3 Å². The van der Waals surface area contributed by atoms with Crippen LogP contribution in [-0.4, -0.2) is 32.0 Å². The molecule has 1 aliphatic carbocycles. The van der Waals surface area contributed by atoms with Crippen molar-refractivity contribution in [1.82, 2.24) is 24.9 Å². The maximum atomic E-state index is 5.61. The van der Waals surface area contributed by atoms with E-state index in [2.05, 4.69) is 37.0 Å². The zero-order valence-corrected chi connectivity index (χ0v) is 19.5. The molecule has 0 radical (unpaired) electrons. The molecule has 2 heterocycles. The summed E-state index contributed by atoms with van der Waals surface area (Å²) < 4.78 is 13.4. The van der Waals surface area contributed by atoms with Crippen molar-refractivity contribution in [2.45, 2.75) is 55.5 Å². The van der Waals surface area contributed by atoms with Crippen molar-refractivity contribution in [3.8, 4) is 17.1 Å². The van der Waals surface area contributed by atoms with Crippen molar-refractivity contribution in [3.05, 3.63) is 71.9 Å². The van der Waals surface area contributed by atoms with Gasteiger partial charge in [-0.1, -0.05) is 78.6 Å². The number of aromatic nitrogens is 5. The molecule has 2 aromatic carbocycles. The van der Waals surface area contributed by atoms with E-state index in [-0.39, 0.29) is 0 Å². The third kappa shape index (κ3) is 4.95. The standard InChI is InChI=1S/C25H27N5O2S/c1-31-21-15-9-8-14-20(21)24-27-28-25(30(24)19-12-6-3-7-13-19)33-17-23-26-22(29-32-23)16-18-10-4-2-5-11-18/h2,4-5,8-11,14-15,19H,3,6-7,12-13,16-17H2,1H3. The van der Waals surface area contributed by atoms with Crippen LogP contribution in [0.1, 0.15) is 55.4 Å². The van der Waals surface area contributed by atoms with Crippen LogP contribution < -0.4 is 4.74 Å². The molecule has 0 saturated heterocycles. The van der Waals surface area contributed by atoms with Crippen LogP contribution in [-0.2, 0) is 12.2 Å². The van der Waals surface area contributed by atoms with E-state index in [1.807, 2.05) is 42.5 Å². The summed E-state index contributed by atoms with van der Waals surface area (Å²) >= 11 is 1.59. The Kier molecular flexibility index (Phi) is 6.71. The van der Waals surface area contributed by atoms with Gasteiger partial charge in [0.2, 0.25) is 5.89 Å². The van der Waals surface area contributed by atoms with E-state index >= 15 is 0 Å². The van der Waals surface area contributed by atoms with E-state index in [4.69, 9.17) is 9.26 Å². The number of hydrogen-bond donors (Lipinski definition) is 0. The topological polar surface area (TPSA) is 78.9 Å². The van der Waals surface area contributed by atoms with Gasteiger partial charge in [-0.2, -0.15) is 4.98 Å². The van der Waals surface area contributed by atoms with Crippen molar-refractivity contribution >= 4 is 11.8 Å². The Hall–Kier alpha value is -3.13. The quantitative estimate of drug-likeness (QED) is 0.310. The lowest BCUT2D eigenvalue weighted by Gasteiger charge is -2.25. The molecule has 0 unspecified atom stereocenters. The molecule has 0 atom stereocenters. The molecule has 1 saturated carbocycles. The summed E-state index contributed by atoms with van der Waals surface area (Å²) in [7, 11) is 1.69. The Morgan fingerprint density at radius 2 is 1.79 bits per heavy atom. The van der Waals surface area contributed by atoms with Crippen LogP contribution in [0.4, 0.5) is 0 Å². The van der Waals surface area contributed by atoms with Crippen LogP contribution in [0.25, 0.3) is 11.4 Å². The van der Waals surface area contributed by atoms with E-state index in [0.717, 1.165) is 40.7 Å². The molecule has 7 nitrogen and oxygen atoms in total. The summed E-state index contributed by atoms with van der Waals surface area (Å²) in [5.41, 5.74) is 2.13. The van der Waals surface area contributed by atoms with E-state index in [1.165, 1.54) is 19.3 Å². The normalized spacial score (nSPS) is 14.5. The predicted octanol–water partition coefficient (Wildman–Crippen LogP) is 5.73. The second-order valence-electron chi connectivity index (χ2n) is 8.22. The number of methoxy groups -OCH3 is 1. The highest BCUT2D eigenvalue weighted by Gasteiger charge is 2.25. The number of hydrogen-bond acceptors (Lipinski definition) is 7. The second-order valence-corrected chi connectivity index (χ2v) is 9.17. The van der Waals surface area contributed by atoms with Crippen molar-refractivity contribution in [1.29, 1.82) is 0 Å². The molecule has 0 amide bonds. The fourth-order valence-corrected chi connectivity index (χ4v) is 5.23. The first-order valence-corrected chi connectivity index (χ1v) is 12.4. The Balaban J connectivity index is 1.37. The van der Waals surface area contributed by atoms with Gasteiger partial charge >= 0.3 is 0 Å². The van der Waals surface area contributed by atoms with E-state index in [9.17, 15) is 0 Å². The van der Waals surface area contributed by atoms with Gasteiger partial charge in [0, 0.05) is 12.5 Å². The minimum Gasteiger partial charge on any atom is -0.496 e. The van der Waals surface area contributed by atoms with Gasteiger partial charge in [-0.05, 0) is 30.5 Å². The average Bonchev–Trinajstić information content (AvgIpc) is 3.50. The molecule has 2 aromatic heterocycles. The van der Waals surface area contributed by atoms with Gasteiger partial charge in [0.05, 0.1) is 18.4 Å². The largest absolute Gasteiger partial charge is 0.496 e. The molecule has 0 aliphatic heterocycles. The highest BCUT2D eigenvalue weighted by Crippen LogP contribution is 2.38. The fraction of sp³-hybridized carbons (Fsp3) is 0.360. The van der Waals surface area contributed by atoms with E-state index in [0.29, 0.717) is 29.9 Å². The first-order chi connectivity index (χ1) is 16.3. The summed E-state index contributed by atoms with van der Waals surface area (Å²) in [6.07, 6.45) is 6.67. The Morgan fingerprint density at radius 1 is 1.00 bits per heavy atom. The highest BCUT2D eigenvalue weighted by molar-refractivity contribution is 7.98. The molecule has 1 fully saturated rings. The van der Waals surface area contributed by atoms with E-state index < -0.39 is 0 Å². The monoisotopic (exact) mass is 461 g/mol. The SMILES string of the molecule is COc1ccccc1-c1nnc(SCc2nc(Cc3ccccc3)no2)n1C1CCCCC1. The number of nitrogens with zero attached hydrogens (tertiary/aromatic N) is 5. The Bertz CT molecular complexity index is 1180. The fourth-order valence-electron chi connectivity index (χ4n) is 4.38. The molecule has 4 aromatic rings. The lowest BCUT2D eigenvalue weighted by atomic mass is 9.95. The van der Waals surface area contributed by atoms with Gasteiger partial charge < -0.3 is 9.26 Å². The summed E-state index contributed by atoms with van der Waals surface area (Å²) in [5.74, 6) is 3.51. The molecule has 8 heteroatoms.